The van der Waals surface area contributed by atoms with Gasteiger partial charge in [0.15, 0.2) is 28.7 Å². The van der Waals surface area contributed by atoms with Gasteiger partial charge in [0.1, 0.15) is 5.82 Å². The van der Waals surface area contributed by atoms with Crippen LogP contribution in [0.4, 0.5) is 14.5 Å². The van der Waals surface area contributed by atoms with Gasteiger partial charge in [0, 0.05) is 18.1 Å². The van der Waals surface area contributed by atoms with Crippen molar-refractivity contribution in [1.29, 1.82) is 0 Å². The van der Waals surface area contributed by atoms with Crippen LogP contribution < -0.4 is 10.1 Å². The number of nitrogens with zero attached hydrogens (tertiary/aromatic N) is 3. The predicted octanol–water partition coefficient (Wildman–Crippen LogP) is 5.27. The number of hydrogen-bond acceptors (Lipinski definition) is 5. The molecule has 0 spiro atoms. The smallest absolute Gasteiger partial charge is 0.234 e. The highest BCUT2D eigenvalue weighted by molar-refractivity contribution is 7.99. The van der Waals surface area contributed by atoms with Crippen LogP contribution in [0.1, 0.15) is 18.9 Å². The molecule has 0 aliphatic carbocycles. The van der Waals surface area contributed by atoms with Crippen molar-refractivity contribution in [3.05, 3.63) is 63.9 Å². The van der Waals surface area contributed by atoms with Crippen LogP contribution in [0.2, 0.25) is 10.0 Å². The van der Waals surface area contributed by atoms with Gasteiger partial charge in [0.05, 0.1) is 16.5 Å². The SMILES string of the molecule is CC(Oc1ccc(F)cc1F)c1nnc(SCC(=O)Nc2cc(Cl)ccc2Cl)n1C. The van der Waals surface area contributed by atoms with Gasteiger partial charge in [-0.3, -0.25) is 4.79 Å². The molecule has 3 aromatic rings. The molecule has 30 heavy (non-hydrogen) atoms. The number of benzene rings is 2. The second kappa shape index (κ2) is 9.63. The molecule has 11 heteroatoms. The van der Waals surface area contributed by atoms with Crippen LogP contribution in [0.25, 0.3) is 0 Å². The lowest BCUT2D eigenvalue weighted by Crippen LogP contribution is -2.15. The zero-order valence-electron chi connectivity index (χ0n) is 15.8. The van der Waals surface area contributed by atoms with Gasteiger partial charge in [-0.2, -0.15) is 0 Å². The number of ether oxygens (including phenoxy) is 1. The molecule has 1 unspecified atom stereocenters. The summed E-state index contributed by atoms with van der Waals surface area (Å²) in [6.45, 7) is 1.66. The van der Waals surface area contributed by atoms with Gasteiger partial charge in [0.2, 0.25) is 5.91 Å². The van der Waals surface area contributed by atoms with E-state index >= 15 is 0 Å². The van der Waals surface area contributed by atoms with Crippen molar-refractivity contribution >= 4 is 46.6 Å². The van der Waals surface area contributed by atoms with E-state index in [0.717, 1.165) is 23.9 Å². The average Bonchev–Trinajstić information content (AvgIpc) is 3.06. The Morgan fingerprint density at radius 3 is 2.73 bits per heavy atom. The number of hydrogen-bond donors (Lipinski definition) is 1. The minimum atomic E-state index is -0.810. The molecule has 3 rings (SSSR count). The van der Waals surface area contributed by atoms with E-state index in [2.05, 4.69) is 15.5 Å². The van der Waals surface area contributed by atoms with Crippen molar-refractivity contribution < 1.29 is 18.3 Å². The Kier molecular flexibility index (Phi) is 7.17. The topological polar surface area (TPSA) is 69.0 Å². The van der Waals surface area contributed by atoms with Gasteiger partial charge in [-0.25, -0.2) is 8.78 Å². The van der Waals surface area contributed by atoms with E-state index in [-0.39, 0.29) is 17.4 Å². The molecule has 0 fully saturated rings. The van der Waals surface area contributed by atoms with Crippen LogP contribution in [0.5, 0.6) is 5.75 Å². The van der Waals surface area contributed by atoms with Crippen molar-refractivity contribution in [2.24, 2.45) is 7.05 Å². The number of aromatic nitrogens is 3. The molecule has 1 amide bonds. The predicted molar refractivity (Wildman–Crippen MR) is 112 cm³/mol. The van der Waals surface area contributed by atoms with Crippen molar-refractivity contribution in [3.63, 3.8) is 0 Å². The van der Waals surface area contributed by atoms with Gasteiger partial charge in [-0.1, -0.05) is 35.0 Å². The fraction of sp³-hybridized carbons (Fsp3) is 0.211. The highest BCUT2D eigenvalue weighted by Gasteiger charge is 2.19. The fourth-order valence-electron chi connectivity index (χ4n) is 2.53. The summed E-state index contributed by atoms with van der Waals surface area (Å²) in [6.07, 6.45) is -0.657. The number of halogens is 4. The molecule has 2 aromatic carbocycles. The number of rotatable bonds is 7. The van der Waals surface area contributed by atoms with Crippen molar-refractivity contribution in [3.8, 4) is 5.75 Å². The van der Waals surface area contributed by atoms with E-state index in [1.165, 1.54) is 6.07 Å². The van der Waals surface area contributed by atoms with Crippen LogP contribution in [0, 0.1) is 11.6 Å². The first-order valence-electron chi connectivity index (χ1n) is 8.63. The Bertz CT molecular complexity index is 1080. The average molecular weight is 473 g/mol. The zero-order chi connectivity index (χ0) is 21.8. The molecule has 0 saturated carbocycles. The summed E-state index contributed by atoms with van der Waals surface area (Å²) >= 11 is 13.1. The highest BCUT2D eigenvalue weighted by atomic mass is 35.5. The molecule has 1 heterocycles. The molecule has 1 aromatic heterocycles. The normalized spacial score (nSPS) is 11.9. The molecule has 0 bridgehead atoms. The summed E-state index contributed by atoms with van der Waals surface area (Å²) in [5.41, 5.74) is 0.414. The van der Waals surface area contributed by atoms with Crippen molar-refractivity contribution in [2.75, 3.05) is 11.1 Å². The molecule has 1 atom stereocenters. The molecular formula is C19H16Cl2F2N4O2S. The first-order chi connectivity index (χ1) is 14.2. The van der Waals surface area contributed by atoms with Gasteiger partial charge in [-0.15, -0.1) is 10.2 Å². The lowest BCUT2D eigenvalue weighted by Gasteiger charge is -2.14. The van der Waals surface area contributed by atoms with Crippen LogP contribution >= 0.6 is 35.0 Å². The Morgan fingerprint density at radius 1 is 1.23 bits per heavy atom. The van der Waals surface area contributed by atoms with Crippen LogP contribution in [0.3, 0.4) is 0 Å². The summed E-state index contributed by atoms with van der Waals surface area (Å²) in [4.78, 5) is 12.2. The van der Waals surface area contributed by atoms with E-state index in [0.29, 0.717) is 26.7 Å². The third-order valence-corrected chi connectivity index (χ3v) is 5.55. The lowest BCUT2D eigenvalue weighted by molar-refractivity contribution is -0.113. The van der Waals surface area contributed by atoms with Crippen LogP contribution in [0.15, 0.2) is 41.6 Å². The number of anilines is 1. The maximum atomic E-state index is 13.8. The molecule has 1 N–H and O–H groups in total. The molecule has 6 nitrogen and oxygen atoms in total. The van der Waals surface area contributed by atoms with E-state index < -0.39 is 17.7 Å². The molecule has 0 aliphatic heterocycles. The lowest BCUT2D eigenvalue weighted by atomic mass is 10.3. The largest absolute Gasteiger partial charge is 0.480 e. The summed E-state index contributed by atoms with van der Waals surface area (Å²) in [6, 6.07) is 7.82. The Labute approximate surface area is 185 Å². The van der Waals surface area contributed by atoms with Crippen molar-refractivity contribution in [1.82, 2.24) is 14.8 Å². The second-order valence-electron chi connectivity index (χ2n) is 6.20. The van der Waals surface area contributed by atoms with Crippen LogP contribution in [-0.4, -0.2) is 26.4 Å². The monoisotopic (exact) mass is 472 g/mol. The Balaban J connectivity index is 1.62. The fourth-order valence-corrected chi connectivity index (χ4v) is 3.58. The first kappa shape index (κ1) is 22.3. The maximum absolute atomic E-state index is 13.8. The third-order valence-electron chi connectivity index (χ3n) is 3.96. The second-order valence-corrected chi connectivity index (χ2v) is 7.98. The summed E-state index contributed by atoms with van der Waals surface area (Å²) in [7, 11) is 1.70. The van der Waals surface area contributed by atoms with Gasteiger partial charge in [0.25, 0.3) is 0 Å². The first-order valence-corrected chi connectivity index (χ1v) is 10.4. The summed E-state index contributed by atoms with van der Waals surface area (Å²) < 4.78 is 34.0. The molecule has 0 radical (unpaired) electrons. The van der Waals surface area contributed by atoms with Gasteiger partial charge < -0.3 is 14.6 Å². The van der Waals surface area contributed by atoms with Crippen LogP contribution in [-0.2, 0) is 11.8 Å². The Hall–Kier alpha value is -2.36. The number of amides is 1. The molecule has 0 aliphatic rings. The van der Waals surface area contributed by atoms with E-state index in [1.54, 1.807) is 36.7 Å². The molecular weight excluding hydrogens is 457 g/mol. The summed E-state index contributed by atoms with van der Waals surface area (Å²) in [5.74, 6) is -1.43. The summed E-state index contributed by atoms with van der Waals surface area (Å²) in [5, 5.41) is 12.1. The maximum Gasteiger partial charge on any atom is 0.234 e. The zero-order valence-corrected chi connectivity index (χ0v) is 18.2. The number of nitrogens with one attached hydrogen (secondary N) is 1. The highest BCUT2D eigenvalue weighted by Crippen LogP contribution is 2.27. The van der Waals surface area contributed by atoms with Gasteiger partial charge >= 0.3 is 0 Å². The minimum absolute atomic E-state index is 0.0522. The van der Waals surface area contributed by atoms with E-state index in [4.69, 9.17) is 27.9 Å². The molecule has 158 valence electrons. The molecule has 0 saturated heterocycles. The number of carbonyl (C=O) groups is 1. The Morgan fingerprint density at radius 2 is 2.00 bits per heavy atom. The quantitative estimate of drug-likeness (QED) is 0.474. The number of carbonyl (C=O) groups excluding carboxylic acids is 1. The third kappa shape index (κ3) is 5.41. The number of thioether (sulfide) groups is 1. The standard InChI is InChI=1S/C19H16Cl2F2N4O2S/c1-10(29-16-6-4-12(22)8-14(16)23)18-25-26-19(27(18)2)30-9-17(28)24-15-7-11(20)3-5-13(15)21/h3-8,10H,9H2,1-2H3,(H,24,28). The minimum Gasteiger partial charge on any atom is -0.480 e. The van der Waals surface area contributed by atoms with Gasteiger partial charge in [-0.05, 0) is 37.3 Å². The van der Waals surface area contributed by atoms with E-state index in [9.17, 15) is 13.6 Å². The van der Waals surface area contributed by atoms with E-state index in [1.807, 2.05) is 0 Å². The van der Waals surface area contributed by atoms with Crippen molar-refractivity contribution in [2.45, 2.75) is 18.2 Å².